The molecule has 0 aromatic carbocycles. The minimum Gasteiger partial charge on any atom is 2.00 e. The molecule has 0 atom stereocenters. The summed E-state index contributed by atoms with van der Waals surface area (Å²) in [5.74, 6) is 0. The van der Waals surface area contributed by atoms with Gasteiger partial charge in [0.1, 0.15) is 0 Å². The number of hydrogen-bond acceptors (Lipinski definition) is 4. The Labute approximate surface area is 103 Å². The Morgan fingerprint density at radius 1 is 1.12 bits per heavy atom. The average Bonchev–Trinajstić information content (AvgIpc) is 0.722. The van der Waals surface area contributed by atoms with Crippen LogP contribution in [0.2, 0.25) is 0 Å². The van der Waals surface area contributed by atoms with E-state index in [9.17, 15) is 0 Å². The predicted molar refractivity (Wildman–Crippen MR) is 28.4 cm³/mol. The topological polar surface area (TPSA) is 112 Å². The van der Waals surface area contributed by atoms with Gasteiger partial charge < -0.3 is 14.6 Å². The minimum absolute atomic E-state index is 0. The molecule has 8 heavy (non-hydrogen) atoms. The van der Waals surface area contributed by atoms with Gasteiger partial charge in [0.15, 0.2) is 0 Å². The van der Waals surface area contributed by atoms with Crippen LogP contribution < -0.4 is 0 Å². The summed E-state index contributed by atoms with van der Waals surface area (Å²) in [5.41, 5.74) is 0. The summed E-state index contributed by atoms with van der Waals surface area (Å²) in [6.45, 7) is 0. The molecule has 0 heterocycles. The fourth-order valence-electron chi connectivity index (χ4n) is 0. The zero-order valence-corrected chi connectivity index (χ0v) is 5.48. The van der Waals surface area contributed by atoms with Crippen LogP contribution in [0.5, 0.6) is 0 Å². The van der Waals surface area contributed by atoms with Crippen LogP contribution in [0.25, 0.3) is 0 Å². The van der Waals surface area contributed by atoms with Gasteiger partial charge in [-0.3, -0.25) is 8.42 Å². The first-order valence-corrected chi connectivity index (χ1v) is 2.00. The van der Waals surface area contributed by atoms with Crippen LogP contribution in [0.15, 0.2) is 0 Å². The summed E-state index contributed by atoms with van der Waals surface area (Å²) in [5, 5.41) is 0. The monoisotopic (exact) mass is 278 g/mol. The normalized spacial score (nSPS) is 7.25. The van der Waals surface area contributed by atoms with E-state index in [0.717, 1.165) is 0 Å². The summed E-state index contributed by atoms with van der Waals surface area (Å²) in [7, 11) is -5.17. The van der Waals surface area contributed by atoms with Crippen molar-refractivity contribution in [2.24, 2.45) is 0 Å². The molecule has 0 saturated carbocycles. The van der Waals surface area contributed by atoms with Crippen molar-refractivity contribution in [1.82, 2.24) is 0 Å². The van der Waals surface area contributed by atoms with E-state index in [1.165, 1.54) is 0 Å². The Morgan fingerprint density at radius 2 is 1.12 bits per heavy atom. The summed E-state index contributed by atoms with van der Waals surface area (Å²) >= 11 is 0. The van der Waals surface area contributed by atoms with Gasteiger partial charge in [-0.1, -0.05) is 0 Å². The summed E-state index contributed by atoms with van der Waals surface area (Å²) < 4.78 is 34.1. The third kappa shape index (κ3) is 89.3. The zero-order valence-electron chi connectivity index (χ0n) is 3.25. The van der Waals surface area contributed by atoms with Crippen molar-refractivity contribution in [3.05, 3.63) is 0 Å². The largest absolute Gasteiger partial charge is 2.00 e. The Bertz CT molecular complexity index is 95.6. The first-order valence-electron chi connectivity index (χ1n) is 0.667. The van der Waals surface area contributed by atoms with Crippen LogP contribution in [-0.2, 0) is 10.4 Å². The van der Waals surface area contributed by atoms with Gasteiger partial charge in [-0.05, 0) is 0 Å². The van der Waals surface area contributed by atoms with Gasteiger partial charge in [-0.15, -0.1) is 0 Å². The van der Waals surface area contributed by atoms with Crippen molar-refractivity contribution in [3.63, 3.8) is 0 Å². The first-order chi connectivity index (χ1) is 2.00. The summed E-state index contributed by atoms with van der Waals surface area (Å²) in [6.07, 6.45) is 0. The van der Waals surface area contributed by atoms with Gasteiger partial charge >= 0.3 is 71.9 Å². The number of hydrogen-bond donors (Lipinski definition) is 0. The average molecular weight is 278 g/mol. The molecule has 8 heteroatoms. The molecule has 2 N–H and O–H groups in total. The van der Waals surface area contributed by atoms with E-state index >= 15 is 0 Å². The standard InChI is InChI=1S/Ba.Mg.H2O4S.H2O.2H/c;;1-5(2,3)4;;;/h;;(H2,1,2,3,4);1H2;;/q;+2;;;;/p-2. The van der Waals surface area contributed by atoms with Gasteiger partial charge in [-0.25, -0.2) is 0 Å². The van der Waals surface area contributed by atoms with E-state index in [4.69, 9.17) is 17.5 Å². The maximum absolute atomic E-state index is 8.52. The van der Waals surface area contributed by atoms with E-state index in [1.807, 2.05) is 0 Å². The van der Waals surface area contributed by atoms with Gasteiger partial charge in [0.2, 0.25) is 0 Å². The SMILES string of the molecule is O.O=S(=O)([O-])[O-].[BaH2].[Mg+2]. The molecular weight excluding hydrogens is 274 g/mol. The van der Waals surface area contributed by atoms with Crippen molar-refractivity contribution in [1.29, 1.82) is 0 Å². The molecule has 0 saturated heterocycles. The van der Waals surface area contributed by atoms with E-state index in [2.05, 4.69) is 0 Å². The fourth-order valence-corrected chi connectivity index (χ4v) is 0. The van der Waals surface area contributed by atoms with Gasteiger partial charge in [0.25, 0.3) is 0 Å². The molecular formula is H4BaMgO5S. The smallest absolute Gasteiger partial charge is 2.00 e. The molecule has 0 aliphatic rings. The molecule has 0 aromatic heterocycles. The van der Waals surface area contributed by atoms with Crippen LogP contribution in [0.1, 0.15) is 0 Å². The molecule has 44 valence electrons. The Balaban J connectivity index is -0.0000000267. The molecule has 5 nitrogen and oxygen atoms in total. The molecule has 0 aromatic rings. The van der Waals surface area contributed by atoms with E-state index < -0.39 is 10.4 Å². The molecule has 0 spiro atoms. The summed E-state index contributed by atoms with van der Waals surface area (Å²) in [6, 6.07) is 0. The Kier molecular flexibility index (Phi) is 25.7. The van der Waals surface area contributed by atoms with E-state index in [1.54, 1.807) is 0 Å². The van der Waals surface area contributed by atoms with Crippen molar-refractivity contribution < 1.29 is 23.0 Å². The van der Waals surface area contributed by atoms with Crippen LogP contribution in [0.3, 0.4) is 0 Å². The first kappa shape index (κ1) is 22.5. The Morgan fingerprint density at radius 3 is 1.12 bits per heavy atom. The van der Waals surface area contributed by atoms with Crippen LogP contribution in [-0.4, -0.2) is 94.9 Å². The molecule has 0 radical (unpaired) electrons. The predicted octanol–water partition coefficient (Wildman–Crippen LogP) is -3.46. The minimum atomic E-state index is -5.17. The van der Waals surface area contributed by atoms with Gasteiger partial charge in [0, 0.05) is 10.4 Å². The van der Waals surface area contributed by atoms with E-state index in [0.29, 0.717) is 0 Å². The second-order valence-electron chi connectivity index (χ2n) is 0.408. The van der Waals surface area contributed by atoms with Crippen molar-refractivity contribution >= 4 is 82.3 Å². The van der Waals surface area contributed by atoms with Crippen LogP contribution >= 0.6 is 0 Å². The molecule has 0 amide bonds. The van der Waals surface area contributed by atoms with Crippen molar-refractivity contribution in [3.8, 4) is 0 Å². The molecule has 0 fully saturated rings. The van der Waals surface area contributed by atoms with Crippen LogP contribution in [0, 0.1) is 0 Å². The molecule has 0 aliphatic heterocycles. The second kappa shape index (κ2) is 9.17. The second-order valence-corrected chi connectivity index (χ2v) is 1.22. The van der Waals surface area contributed by atoms with Crippen molar-refractivity contribution in [2.45, 2.75) is 0 Å². The third-order valence-electron chi connectivity index (χ3n) is 0. The molecule has 0 rings (SSSR count). The molecule has 0 aliphatic carbocycles. The maximum atomic E-state index is 8.52. The molecule has 0 unspecified atom stereocenters. The fraction of sp³-hybridized carbons (Fsp3) is 0. The zero-order chi connectivity index (χ0) is 4.50. The Hall–Kier alpha value is 2.17. The summed E-state index contributed by atoms with van der Waals surface area (Å²) in [4.78, 5) is 0. The van der Waals surface area contributed by atoms with Gasteiger partial charge in [-0.2, -0.15) is 0 Å². The third-order valence-corrected chi connectivity index (χ3v) is 0. The number of rotatable bonds is 0. The van der Waals surface area contributed by atoms with Crippen molar-refractivity contribution in [2.75, 3.05) is 0 Å². The van der Waals surface area contributed by atoms with Gasteiger partial charge in [0.05, 0.1) is 0 Å². The van der Waals surface area contributed by atoms with Crippen LogP contribution in [0.4, 0.5) is 0 Å². The quantitative estimate of drug-likeness (QED) is 0.260. The molecule has 0 bridgehead atoms. The van der Waals surface area contributed by atoms with E-state index in [-0.39, 0.29) is 77.4 Å². The maximum Gasteiger partial charge on any atom is 2.00 e.